The van der Waals surface area contributed by atoms with Crippen LogP contribution >= 0.6 is 0 Å². The number of anilines is 1. The van der Waals surface area contributed by atoms with Crippen LogP contribution in [0.15, 0.2) is 28.8 Å². The number of benzene rings is 1. The average molecular weight is 456 g/mol. The molecule has 2 aromatic rings. The highest BCUT2D eigenvalue weighted by Gasteiger charge is 2.38. The Morgan fingerprint density at radius 1 is 1.12 bits per heavy atom. The monoisotopic (exact) mass is 455 g/mol. The summed E-state index contributed by atoms with van der Waals surface area (Å²) in [5, 5.41) is 12.8. The van der Waals surface area contributed by atoms with Gasteiger partial charge in [0.25, 0.3) is 5.91 Å². The number of hydrogen-bond donors (Lipinski definition) is 3. The highest BCUT2D eigenvalue weighted by molar-refractivity contribution is 5.97. The largest absolute Gasteiger partial charge is 0.352 e. The molecule has 0 radical (unpaired) electrons. The van der Waals surface area contributed by atoms with Gasteiger partial charge in [-0.15, -0.1) is 0 Å². The predicted octanol–water partition coefficient (Wildman–Crippen LogP) is 3.47. The van der Waals surface area contributed by atoms with Crippen molar-refractivity contribution < 1.29 is 18.9 Å². The smallest absolute Gasteiger partial charge is 0.251 e. The minimum absolute atomic E-state index is 0.117. The third-order valence-corrected chi connectivity index (χ3v) is 5.78. The van der Waals surface area contributed by atoms with Crippen LogP contribution in [0, 0.1) is 0 Å². The van der Waals surface area contributed by atoms with Crippen molar-refractivity contribution in [2.24, 2.45) is 0 Å². The molecule has 178 valence electrons. The van der Waals surface area contributed by atoms with E-state index >= 15 is 0 Å². The van der Waals surface area contributed by atoms with E-state index in [0.29, 0.717) is 29.5 Å². The molecular formula is C24H33N5O4. The summed E-state index contributed by atoms with van der Waals surface area (Å²) in [7, 11) is 0. The molecule has 3 rings (SSSR count). The van der Waals surface area contributed by atoms with Crippen molar-refractivity contribution in [2.45, 2.75) is 77.2 Å². The van der Waals surface area contributed by atoms with Gasteiger partial charge in [-0.05, 0) is 37.5 Å². The Morgan fingerprint density at radius 3 is 2.58 bits per heavy atom. The molecule has 3 amide bonds. The fourth-order valence-electron chi connectivity index (χ4n) is 4.15. The van der Waals surface area contributed by atoms with Crippen molar-refractivity contribution in [3.63, 3.8) is 0 Å². The summed E-state index contributed by atoms with van der Waals surface area (Å²) in [6.45, 7) is 4.09. The Balaban J connectivity index is 1.59. The molecule has 9 nitrogen and oxygen atoms in total. The maximum absolute atomic E-state index is 12.4. The van der Waals surface area contributed by atoms with Gasteiger partial charge in [0.2, 0.25) is 17.7 Å². The molecular weight excluding hydrogens is 422 g/mol. The molecule has 3 N–H and O–H groups in total. The normalized spacial score (nSPS) is 15.3. The lowest BCUT2D eigenvalue weighted by Gasteiger charge is -2.30. The van der Waals surface area contributed by atoms with Crippen LogP contribution in [0.25, 0.3) is 0 Å². The molecule has 0 spiro atoms. The second kappa shape index (κ2) is 11.6. The Labute approximate surface area is 194 Å². The molecule has 1 aliphatic carbocycles. The fourth-order valence-corrected chi connectivity index (χ4v) is 4.15. The fraction of sp³-hybridized carbons (Fsp3) is 0.542. The first-order valence-corrected chi connectivity index (χ1v) is 11.7. The summed E-state index contributed by atoms with van der Waals surface area (Å²) in [6.07, 6.45) is 7.05. The van der Waals surface area contributed by atoms with E-state index in [1.807, 2.05) is 6.92 Å². The first-order chi connectivity index (χ1) is 15.9. The van der Waals surface area contributed by atoms with Gasteiger partial charge in [-0.2, -0.15) is 4.98 Å². The zero-order valence-corrected chi connectivity index (χ0v) is 19.4. The van der Waals surface area contributed by atoms with Gasteiger partial charge in [-0.3, -0.25) is 14.4 Å². The molecule has 9 heteroatoms. The van der Waals surface area contributed by atoms with Crippen molar-refractivity contribution >= 4 is 23.4 Å². The second-order valence-corrected chi connectivity index (χ2v) is 8.57. The first-order valence-electron chi connectivity index (χ1n) is 11.7. The molecule has 33 heavy (non-hydrogen) atoms. The topological polar surface area (TPSA) is 126 Å². The zero-order chi connectivity index (χ0) is 23.7. The van der Waals surface area contributed by atoms with Gasteiger partial charge in [0.05, 0.1) is 0 Å². The van der Waals surface area contributed by atoms with Gasteiger partial charge in [0.1, 0.15) is 5.54 Å². The molecule has 0 aliphatic heterocycles. The van der Waals surface area contributed by atoms with Crippen LogP contribution in [-0.4, -0.2) is 34.4 Å². The maximum atomic E-state index is 12.4. The summed E-state index contributed by atoms with van der Waals surface area (Å²) in [5.74, 6) is 0.348. The molecule has 1 aromatic heterocycles. The van der Waals surface area contributed by atoms with Gasteiger partial charge < -0.3 is 20.5 Å². The third kappa shape index (κ3) is 6.87. The number of hydrogen-bond acceptors (Lipinski definition) is 6. The predicted molar refractivity (Wildman–Crippen MR) is 124 cm³/mol. The number of carbonyl (C=O) groups excluding carboxylic acids is 3. The van der Waals surface area contributed by atoms with Gasteiger partial charge in [-0.1, -0.05) is 43.8 Å². The third-order valence-electron chi connectivity index (χ3n) is 5.78. The lowest BCUT2D eigenvalue weighted by atomic mass is 9.89. The Kier molecular flexibility index (Phi) is 8.57. The second-order valence-electron chi connectivity index (χ2n) is 8.57. The van der Waals surface area contributed by atoms with Gasteiger partial charge in [-0.25, -0.2) is 0 Å². The van der Waals surface area contributed by atoms with Crippen molar-refractivity contribution in [3.05, 3.63) is 41.5 Å². The van der Waals surface area contributed by atoms with Crippen LogP contribution in [-0.2, 0) is 21.5 Å². The summed E-state index contributed by atoms with van der Waals surface area (Å²) < 4.78 is 5.41. The maximum Gasteiger partial charge on any atom is 0.251 e. The molecule has 0 atom stereocenters. The number of rotatable bonds is 9. The quantitative estimate of drug-likeness (QED) is 0.497. The minimum atomic E-state index is -0.606. The molecule has 1 aliphatic rings. The van der Waals surface area contributed by atoms with Crippen LogP contribution in [0.3, 0.4) is 0 Å². The zero-order valence-electron chi connectivity index (χ0n) is 19.4. The highest BCUT2D eigenvalue weighted by Crippen LogP contribution is 2.34. The summed E-state index contributed by atoms with van der Waals surface area (Å²) in [4.78, 5) is 40.9. The molecule has 1 fully saturated rings. The highest BCUT2D eigenvalue weighted by atomic mass is 16.5. The van der Waals surface area contributed by atoms with E-state index in [4.69, 9.17) is 4.52 Å². The number of nitrogens with one attached hydrogen (secondary N) is 3. The van der Waals surface area contributed by atoms with Crippen LogP contribution < -0.4 is 16.0 Å². The van der Waals surface area contributed by atoms with Crippen molar-refractivity contribution in [1.82, 2.24) is 20.8 Å². The van der Waals surface area contributed by atoms with E-state index in [-0.39, 0.29) is 30.6 Å². The summed E-state index contributed by atoms with van der Waals surface area (Å²) >= 11 is 0. The molecule has 0 saturated heterocycles. The van der Waals surface area contributed by atoms with Gasteiger partial charge in [0.15, 0.2) is 5.82 Å². The Morgan fingerprint density at radius 2 is 1.88 bits per heavy atom. The van der Waals surface area contributed by atoms with Gasteiger partial charge >= 0.3 is 0 Å². The van der Waals surface area contributed by atoms with Crippen molar-refractivity contribution in [1.29, 1.82) is 0 Å². The lowest BCUT2D eigenvalue weighted by molar-refractivity contribution is -0.121. The van der Waals surface area contributed by atoms with Crippen LogP contribution in [0.1, 0.15) is 87.3 Å². The van der Waals surface area contributed by atoms with Crippen LogP contribution in [0.4, 0.5) is 5.69 Å². The van der Waals surface area contributed by atoms with Crippen molar-refractivity contribution in [3.8, 4) is 0 Å². The number of aromatic nitrogens is 2. The van der Waals surface area contributed by atoms with Crippen molar-refractivity contribution in [2.75, 3.05) is 11.9 Å². The first kappa shape index (κ1) is 24.4. The van der Waals surface area contributed by atoms with E-state index in [2.05, 4.69) is 26.1 Å². The molecule has 1 aromatic carbocycles. The molecule has 1 saturated carbocycles. The Hall–Kier alpha value is -3.23. The number of carbonyl (C=O) groups is 3. The Bertz CT molecular complexity index is 963. The van der Waals surface area contributed by atoms with E-state index in [1.54, 1.807) is 24.3 Å². The standard InChI is InChI=1S/C24H33N5O4/c1-3-15-25-22(32)18-9-8-10-19(16-18)26-20(31)11-12-21-27-23(29-33-21)24(28-17(2)30)13-6-4-5-7-14-24/h8-10,16H,3-7,11-15H2,1-2H3,(H,25,32)(H,26,31)(H,28,30). The van der Waals surface area contributed by atoms with Crippen LogP contribution in [0.2, 0.25) is 0 Å². The van der Waals surface area contributed by atoms with Gasteiger partial charge in [0, 0.05) is 37.6 Å². The molecule has 1 heterocycles. The molecule has 0 bridgehead atoms. The SMILES string of the molecule is CCCNC(=O)c1cccc(NC(=O)CCc2nc(C3(NC(C)=O)CCCCCC3)no2)c1. The average Bonchev–Trinajstić information content (AvgIpc) is 3.16. The summed E-state index contributed by atoms with van der Waals surface area (Å²) in [6, 6.07) is 6.83. The lowest BCUT2D eigenvalue weighted by Crippen LogP contribution is -2.45. The van der Waals surface area contributed by atoms with E-state index in [1.165, 1.54) is 6.92 Å². The number of aryl methyl sites for hydroxylation is 1. The molecule has 0 unspecified atom stereocenters. The van der Waals surface area contributed by atoms with E-state index in [9.17, 15) is 14.4 Å². The number of nitrogens with zero attached hydrogens (tertiary/aromatic N) is 2. The van der Waals surface area contributed by atoms with E-state index in [0.717, 1.165) is 44.9 Å². The van der Waals surface area contributed by atoms with E-state index < -0.39 is 5.54 Å². The number of amides is 3. The minimum Gasteiger partial charge on any atom is -0.352 e. The van der Waals surface area contributed by atoms with Crippen LogP contribution in [0.5, 0.6) is 0 Å². The summed E-state index contributed by atoms with van der Waals surface area (Å²) in [5.41, 5.74) is 0.443.